The Bertz CT molecular complexity index is 1030. The fourth-order valence-corrected chi connectivity index (χ4v) is 5.22. The van der Waals surface area contributed by atoms with Gasteiger partial charge in [-0.1, -0.05) is 18.1 Å². The van der Waals surface area contributed by atoms with Crippen LogP contribution in [0.15, 0.2) is 12.1 Å². The summed E-state index contributed by atoms with van der Waals surface area (Å²) in [6.07, 6.45) is 8.66. The number of carbonyl (C=O) groups is 2. The summed E-state index contributed by atoms with van der Waals surface area (Å²) in [5, 5.41) is 11.5. The Balaban J connectivity index is 1.39. The lowest BCUT2D eigenvalue weighted by Gasteiger charge is -2.28. The number of esters is 1. The van der Waals surface area contributed by atoms with Gasteiger partial charge in [0, 0.05) is 13.5 Å². The number of hydrogen-bond donors (Lipinski definition) is 1. The lowest BCUT2D eigenvalue weighted by molar-refractivity contribution is -0.150. The molecule has 2 aliphatic rings. The number of pyridine rings is 1. The van der Waals surface area contributed by atoms with Crippen molar-refractivity contribution in [1.82, 2.24) is 25.3 Å². The van der Waals surface area contributed by atoms with Crippen LogP contribution >= 0.6 is 0 Å². The minimum Gasteiger partial charge on any atom is -0.489 e. The van der Waals surface area contributed by atoms with Crippen LogP contribution in [0.2, 0.25) is 0 Å². The summed E-state index contributed by atoms with van der Waals surface area (Å²) in [7, 11) is 1.82. The van der Waals surface area contributed by atoms with Crippen molar-refractivity contribution in [3.8, 4) is 17.1 Å². The minimum absolute atomic E-state index is 0.0355. The Kier molecular flexibility index (Phi) is 8.36. The predicted octanol–water partition coefficient (Wildman–Crippen LogP) is 3.88. The number of ether oxygens (including phenoxy) is 2. The summed E-state index contributed by atoms with van der Waals surface area (Å²) in [6.45, 7) is 4.50. The van der Waals surface area contributed by atoms with E-state index in [1.807, 2.05) is 33.0 Å². The van der Waals surface area contributed by atoms with Crippen molar-refractivity contribution < 1.29 is 19.1 Å². The second-order valence-electron chi connectivity index (χ2n) is 9.78. The van der Waals surface area contributed by atoms with Crippen LogP contribution in [0.3, 0.4) is 0 Å². The second-order valence-corrected chi connectivity index (χ2v) is 9.78. The van der Waals surface area contributed by atoms with E-state index in [-0.39, 0.29) is 23.9 Å². The van der Waals surface area contributed by atoms with Crippen LogP contribution in [0.1, 0.15) is 76.1 Å². The van der Waals surface area contributed by atoms with Crippen molar-refractivity contribution in [2.24, 2.45) is 18.9 Å². The first-order valence-corrected chi connectivity index (χ1v) is 12.9. The molecule has 2 saturated carbocycles. The van der Waals surface area contributed by atoms with Crippen molar-refractivity contribution in [2.45, 2.75) is 84.3 Å². The molecule has 1 amide bonds. The Morgan fingerprint density at radius 3 is 2.69 bits per heavy atom. The zero-order valence-corrected chi connectivity index (χ0v) is 21.1. The first kappa shape index (κ1) is 25.1. The first-order valence-electron chi connectivity index (χ1n) is 12.9. The molecule has 0 aromatic carbocycles. The maximum atomic E-state index is 12.4. The molecule has 4 rings (SSSR count). The van der Waals surface area contributed by atoms with Gasteiger partial charge < -0.3 is 14.8 Å². The van der Waals surface area contributed by atoms with Crippen LogP contribution in [0.4, 0.5) is 0 Å². The Morgan fingerprint density at radius 2 is 1.94 bits per heavy atom. The molecule has 2 fully saturated rings. The van der Waals surface area contributed by atoms with E-state index < -0.39 is 0 Å². The minimum atomic E-state index is -0.128. The van der Waals surface area contributed by atoms with Gasteiger partial charge in [-0.15, -0.1) is 5.10 Å². The first-order chi connectivity index (χ1) is 16.9. The zero-order chi connectivity index (χ0) is 24.8. The highest BCUT2D eigenvalue weighted by Gasteiger charge is 2.30. The lowest BCUT2D eigenvalue weighted by atomic mass is 9.87. The van der Waals surface area contributed by atoms with Crippen molar-refractivity contribution in [3.63, 3.8) is 0 Å². The molecule has 2 aliphatic carbocycles. The van der Waals surface area contributed by atoms with E-state index in [1.54, 1.807) is 4.68 Å². The highest BCUT2D eigenvalue weighted by atomic mass is 16.5. The van der Waals surface area contributed by atoms with Crippen molar-refractivity contribution in [2.75, 3.05) is 6.61 Å². The molecule has 0 unspecified atom stereocenters. The normalized spacial score (nSPS) is 20.5. The van der Waals surface area contributed by atoms with E-state index in [0.717, 1.165) is 43.5 Å². The molecule has 9 nitrogen and oxygen atoms in total. The van der Waals surface area contributed by atoms with Crippen LogP contribution < -0.4 is 10.1 Å². The average Bonchev–Trinajstić information content (AvgIpc) is 3.49. The number of aryl methyl sites for hydroxylation is 2. The molecule has 0 spiro atoms. The summed E-state index contributed by atoms with van der Waals surface area (Å²) in [6, 6.07) is 3.78. The van der Waals surface area contributed by atoms with E-state index in [9.17, 15) is 9.59 Å². The number of aromatic nitrogens is 4. The highest BCUT2D eigenvalue weighted by molar-refractivity contribution is 5.76. The number of amides is 1. The van der Waals surface area contributed by atoms with Crippen LogP contribution in [-0.2, 0) is 27.9 Å². The SMILES string of the molecule is CCOC(=O)[C@H]1CCC[C@H](Oc2ccc(-c3nnn(C)c3CNC(=O)CC3CCCC3)nc2C)C1. The van der Waals surface area contributed by atoms with E-state index >= 15 is 0 Å². The highest BCUT2D eigenvalue weighted by Crippen LogP contribution is 2.31. The topological polar surface area (TPSA) is 108 Å². The fraction of sp³-hybridized carbons (Fsp3) is 0.654. The smallest absolute Gasteiger partial charge is 0.309 e. The lowest BCUT2D eigenvalue weighted by Crippen LogP contribution is -2.31. The number of rotatable bonds is 9. The zero-order valence-electron chi connectivity index (χ0n) is 21.1. The molecule has 2 atom stereocenters. The van der Waals surface area contributed by atoms with Crippen LogP contribution in [0.5, 0.6) is 5.75 Å². The summed E-state index contributed by atoms with van der Waals surface area (Å²) < 4.78 is 13.1. The molecular weight excluding hydrogens is 446 g/mol. The third-order valence-corrected chi connectivity index (χ3v) is 7.16. The van der Waals surface area contributed by atoms with E-state index in [1.165, 1.54) is 12.8 Å². The quantitative estimate of drug-likeness (QED) is 0.539. The molecule has 0 aliphatic heterocycles. The van der Waals surface area contributed by atoms with Gasteiger partial charge in [-0.05, 0) is 70.4 Å². The molecule has 1 N–H and O–H groups in total. The molecule has 9 heteroatoms. The number of nitrogens with zero attached hydrogens (tertiary/aromatic N) is 4. The second kappa shape index (κ2) is 11.6. The molecular formula is C26H37N5O4. The molecule has 2 aromatic rings. The summed E-state index contributed by atoms with van der Waals surface area (Å²) in [5.41, 5.74) is 2.91. The molecule has 0 saturated heterocycles. The summed E-state index contributed by atoms with van der Waals surface area (Å²) in [4.78, 5) is 29.3. The van der Waals surface area contributed by atoms with Gasteiger partial charge >= 0.3 is 5.97 Å². The molecule has 35 heavy (non-hydrogen) atoms. The third-order valence-electron chi connectivity index (χ3n) is 7.16. The third kappa shape index (κ3) is 6.38. The Hall–Kier alpha value is -2.97. The molecule has 2 aromatic heterocycles. The molecule has 190 valence electrons. The van der Waals surface area contributed by atoms with E-state index in [0.29, 0.717) is 49.0 Å². The van der Waals surface area contributed by atoms with Gasteiger partial charge in [0.05, 0.1) is 42.3 Å². The maximum Gasteiger partial charge on any atom is 0.309 e. The van der Waals surface area contributed by atoms with Gasteiger partial charge in [0.25, 0.3) is 0 Å². The fourth-order valence-electron chi connectivity index (χ4n) is 5.22. The molecule has 0 radical (unpaired) electrons. The predicted molar refractivity (Wildman–Crippen MR) is 130 cm³/mol. The van der Waals surface area contributed by atoms with Gasteiger partial charge in [-0.2, -0.15) is 0 Å². The molecule has 0 bridgehead atoms. The van der Waals surface area contributed by atoms with E-state index in [2.05, 4.69) is 15.6 Å². The molecule has 2 heterocycles. The van der Waals surface area contributed by atoms with Crippen molar-refractivity contribution in [1.29, 1.82) is 0 Å². The largest absolute Gasteiger partial charge is 0.489 e. The van der Waals surface area contributed by atoms with Crippen molar-refractivity contribution in [3.05, 3.63) is 23.5 Å². The van der Waals surface area contributed by atoms with Gasteiger partial charge in [0.15, 0.2) is 0 Å². The van der Waals surface area contributed by atoms with Crippen LogP contribution in [-0.4, -0.2) is 44.6 Å². The standard InChI is InChI=1S/C26H37N5O4/c1-4-34-26(33)19-10-7-11-20(15-19)35-23-13-12-21(28-17(23)2)25-22(31(3)30-29-25)16-27-24(32)14-18-8-5-6-9-18/h12-13,18-20H,4-11,14-16H2,1-3H3,(H,27,32)/t19-,20-/m0/s1. The van der Waals surface area contributed by atoms with Crippen molar-refractivity contribution >= 4 is 11.9 Å². The summed E-state index contributed by atoms with van der Waals surface area (Å²) >= 11 is 0. The monoisotopic (exact) mass is 483 g/mol. The Morgan fingerprint density at radius 1 is 1.14 bits per heavy atom. The average molecular weight is 484 g/mol. The van der Waals surface area contributed by atoms with Gasteiger partial charge in [-0.3, -0.25) is 9.59 Å². The van der Waals surface area contributed by atoms with Crippen LogP contribution in [0, 0.1) is 18.8 Å². The Labute approximate surface area is 207 Å². The number of hydrogen-bond acceptors (Lipinski definition) is 7. The van der Waals surface area contributed by atoms with Gasteiger partial charge in [0.1, 0.15) is 11.4 Å². The maximum absolute atomic E-state index is 12.4. The van der Waals surface area contributed by atoms with Gasteiger partial charge in [-0.25, -0.2) is 9.67 Å². The number of nitrogens with one attached hydrogen (secondary N) is 1. The number of carbonyl (C=O) groups excluding carboxylic acids is 2. The van der Waals surface area contributed by atoms with E-state index in [4.69, 9.17) is 14.5 Å². The van der Waals surface area contributed by atoms with Crippen LogP contribution in [0.25, 0.3) is 11.4 Å². The summed E-state index contributed by atoms with van der Waals surface area (Å²) in [5.74, 6) is 1.06. The van der Waals surface area contributed by atoms with Gasteiger partial charge in [0.2, 0.25) is 5.91 Å².